The second-order valence-corrected chi connectivity index (χ2v) is 5.09. The molecular weight excluding hydrogens is 274 g/mol. The Kier molecular flexibility index (Phi) is 4.50. The molecule has 0 aliphatic rings. The molecule has 0 unspecified atom stereocenters. The number of hydrogen-bond donors (Lipinski definition) is 0. The minimum atomic E-state index is -0.272. The van der Waals surface area contributed by atoms with Crippen molar-refractivity contribution in [2.45, 2.75) is 27.3 Å². The molecule has 106 valence electrons. The van der Waals surface area contributed by atoms with E-state index in [0.29, 0.717) is 18.7 Å². The van der Waals surface area contributed by atoms with Crippen LogP contribution < -0.4 is 0 Å². The van der Waals surface area contributed by atoms with Gasteiger partial charge in [0.2, 0.25) is 0 Å². The number of nitrogens with zero attached hydrogens (tertiary/aromatic N) is 1. The van der Waals surface area contributed by atoms with Gasteiger partial charge in [0.05, 0.1) is 12.2 Å². The second kappa shape index (κ2) is 6.14. The Hall–Kier alpha value is -1.74. The third kappa shape index (κ3) is 2.88. The molecule has 0 fully saturated rings. The Balaban J connectivity index is 2.34. The molecule has 2 rings (SSSR count). The van der Waals surface area contributed by atoms with E-state index in [4.69, 9.17) is 16.3 Å². The maximum absolute atomic E-state index is 11.9. The number of aromatic nitrogens is 1. The summed E-state index contributed by atoms with van der Waals surface area (Å²) in [7, 11) is 0. The first-order valence-electron chi connectivity index (χ1n) is 6.61. The summed E-state index contributed by atoms with van der Waals surface area (Å²) in [5, 5.41) is 0.734. The number of halogens is 1. The van der Waals surface area contributed by atoms with E-state index >= 15 is 0 Å². The Bertz CT molecular complexity index is 631. The van der Waals surface area contributed by atoms with Crippen LogP contribution in [0.15, 0.2) is 30.3 Å². The average molecular weight is 292 g/mol. The van der Waals surface area contributed by atoms with Crippen LogP contribution in [-0.2, 0) is 11.3 Å². The lowest BCUT2D eigenvalue weighted by Crippen LogP contribution is -2.08. The standard InChI is InChI=1S/C16H18ClNO2/c1-4-20-16(19)14-9-11(2)18(12(14)3)10-13-7-5-6-8-15(13)17/h5-9H,4,10H2,1-3H3. The van der Waals surface area contributed by atoms with Crippen molar-refractivity contribution in [3.8, 4) is 0 Å². The maximum Gasteiger partial charge on any atom is 0.339 e. The molecule has 0 radical (unpaired) electrons. The van der Waals surface area contributed by atoms with Crippen molar-refractivity contribution >= 4 is 17.6 Å². The van der Waals surface area contributed by atoms with E-state index in [0.717, 1.165) is 22.0 Å². The van der Waals surface area contributed by atoms with Gasteiger partial charge >= 0.3 is 5.97 Å². The Morgan fingerprint density at radius 1 is 1.30 bits per heavy atom. The first kappa shape index (κ1) is 14.7. The van der Waals surface area contributed by atoms with Crippen molar-refractivity contribution in [1.29, 1.82) is 0 Å². The number of hydrogen-bond acceptors (Lipinski definition) is 2. The van der Waals surface area contributed by atoms with E-state index < -0.39 is 0 Å². The molecule has 1 aromatic carbocycles. The van der Waals surface area contributed by atoms with Crippen LogP contribution in [0.5, 0.6) is 0 Å². The zero-order valence-electron chi connectivity index (χ0n) is 11.9. The highest BCUT2D eigenvalue weighted by molar-refractivity contribution is 6.31. The van der Waals surface area contributed by atoms with E-state index in [1.807, 2.05) is 44.2 Å². The Labute approximate surface area is 124 Å². The molecule has 0 N–H and O–H groups in total. The summed E-state index contributed by atoms with van der Waals surface area (Å²) >= 11 is 6.19. The summed E-state index contributed by atoms with van der Waals surface area (Å²) < 4.78 is 7.15. The first-order chi connectivity index (χ1) is 9.54. The predicted octanol–water partition coefficient (Wildman–Crippen LogP) is 3.98. The number of benzene rings is 1. The normalized spacial score (nSPS) is 10.6. The van der Waals surface area contributed by atoms with E-state index in [2.05, 4.69) is 4.57 Å². The zero-order chi connectivity index (χ0) is 14.7. The molecule has 0 aliphatic carbocycles. The van der Waals surface area contributed by atoms with Crippen molar-refractivity contribution in [3.63, 3.8) is 0 Å². The van der Waals surface area contributed by atoms with Crippen LogP contribution in [0, 0.1) is 13.8 Å². The summed E-state index contributed by atoms with van der Waals surface area (Å²) in [4.78, 5) is 11.9. The van der Waals surface area contributed by atoms with E-state index in [9.17, 15) is 4.79 Å². The molecule has 0 saturated carbocycles. The number of aryl methyl sites for hydroxylation is 1. The number of carbonyl (C=O) groups is 1. The van der Waals surface area contributed by atoms with E-state index in [-0.39, 0.29) is 5.97 Å². The largest absolute Gasteiger partial charge is 0.462 e. The topological polar surface area (TPSA) is 31.2 Å². The highest BCUT2D eigenvalue weighted by atomic mass is 35.5. The molecule has 0 bridgehead atoms. The molecule has 0 spiro atoms. The van der Waals surface area contributed by atoms with Crippen molar-refractivity contribution < 1.29 is 9.53 Å². The quantitative estimate of drug-likeness (QED) is 0.798. The molecule has 1 heterocycles. The van der Waals surface area contributed by atoms with Crippen molar-refractivity contribution in [1.82, 2.24) is 4.57 Å². The lowest BCUT2D eigenvalue weighted by molar-refractivity contribution is 0.0525. The summed E-state index contributed by atoms with van der Waals surface area (Å²) in [5.74, 6) is -0.272. The van der Waals surface area contributed by atoms with Gasteiger partial charge in [-0.2, -0.15) is 0 Å². The zero-order valence-corrected chi connectivity index (χ0v) is 12.7. The molecule has 20 heavy (non-hydrogen) atoms. The minimum Gasteiger partial charge on any atom is -0.462 e. The summed E-state index contributed by atoms with van der Waals surface area (Å²) in [6.07, 6.45) is 0. The number of carbonyl (C=O) groups excluding carboxylic acids is 1. The van der Waals surface area contributed by atoms with Gasteiger partial charge in [0.15, 0.2) is 0 Å². The second-order valence-electron chi connectivity index (χ2n) is 4.68. The van der Waals surface area contributed by atoms with Gasteiger partial charge in [-0.25, -0.2) is 4.79 Å². The fraction of sp³-hybridized carbons (Fsp3) is 0.312. The van der Waals surface area contributed by atoms with Crippen LogP contribution in [0.25, 0.3) is 0 Å². The lowest BCUT2D eigenvalue weighted by Gasteiger charge is -2.11. The maximum atomic E-state index is 11.9. The van der Waals surface area contributed by atoms with E-state index in [1.54, 1.807) is 6.92 Å². The van der Waals surface area contributed by atoms with Crippen LogP contribution in [0.4, 0.5) is 0 Å². The van der Waals surface area contributed by atoms with E-state index in [1.165, 1.54) is 0 Å². The fourth-order valence-corrected chi connectivity index (χ4v) is 2.45. The van der Waals surface area contributed by atoms with Gasteiger partial charge in [-0.05, 0) is 38.5 Å². The van der Waals surface area contributed by atoms with Gasteiger partial charge in [0.25, 0.3) is 0 Å². The number of rotatable bonds is 4. The highest BCUT2D eigenvalue weighted by Gasteiger charge is 2.17. The molecular formula is C16H18ClNO2. The van der Waals surface area contributed by atoms with Crippen LogP contribution >= 0.6 is 11.6 Å². The lowest BCUT2D eigenvalue weighted by atomic mass is 10.2. The monoisotopic (exact) mass is 291 g/mol. The Morgan fingerprint density at radius 3 is 2.65 bits per heavy atom. The van der Waals surface area contributed by atoms with Crippen LogP contribution in [0.2, 0.25) is 5.02 Å². The third-order valence-corrected chi connectivity index (χ3v) is 3.72. The third-order valence-electron chi connectivity index (χ3n) is 3.36. The van der Waals surface area contributed by atoms with Crippen molar-refractivity contribution in [2.24, 2.45) is 0 Å². The van der Waals surface area contributed by atoms with Gasteiger partial charge < -0.3 is 9.30 Å². The minimum absolute atomic E-state index is 0.272. The molecule has 2 aromatic rings. The predicted molar refractivity (Wildman–Crippen MR) is 80.4 cm³/mol. The van der Waals surface area contributed by atoms with Crippen LogP contribution in [-0.4, -0.2) is 17.1 Å². The smallest absolute Gasteiger partial charge is 0.339 e. The van der Waals surface area contributed by atoms with Crippen LogP contribution in [0.1, 0.15) is 34.2 Å². The molecule has 0 amide bonds. The summed E-state index contributed by atoms with van der Waals surface area (Å²) in [5.41, 5.74) is 3.58. The first-order valence-corrected chi connectivity index (χ1v) is 6.99. The van der Waals surface area contributed by atoms with Gasteiger partial charge in [-0.3, -0.25) is 0 Å². The Morgan fingerprint density at radius 2 is 2.00 bits per heavy atom. The van der Waals surface area contributed by atoms with Gasteiger partial charge in [-0.15, -0.1) is 0 Å². The van der Waals surface area contributed by atoms with Gasteiger partial charge in [0, 0.05) is 23.0 Å². The molecule has 0 saturated heterocycles. The number of ether oxygens (including phenoxy) is 1. The highest BCUT2D eigenvalue weighted by Crippen LogP contribution is 2.21. The van der Waals surface area contributed by atoms with Gasteiger partial charge in [0.1, 0.15) is 0 Å². The average Bonchev–Trinajstić information content (AvgIpc) is 2.69. The van der Waals surface area contributed by atoms with Crippen LogP contribution in [0.3, 0.4) is 0 Å². The van der Waals surface area contributed by atoms with Crippen molar-refractivity contribution in [2.75, 3.05) is 6.61 Å². The molecule has 4 heteroatoms. The summed E-state index contributed by atoms with van der Waals surface area (Å²) in [6, 6.07) is 9.60. The molecule has 3 nitrogen and oxygen atoms in total. The SMILES string of the molecule is CCOC(=O)c1cc(C)n(Cc2ccccc2Cl)c1C. The van der Waals surface area contributed by atoms with Crippen molar-refractivity contribution in [3.05, 3.63) is 57.9 Å². The fourth-order valence-electron chi connectivity index (χ4n) is 2.26. The molecule has 0 aliphatic heterocycles. The van der Waals surface area contributed by atoms with Gasteiger partial charge in [-0.1, -0.05) is 29.8 Å². The molecule has 1 aromatic heterocycles. The molecule has 0 atom stereocenters. The number of esters is 1. The summed E-state index contributed by atoms with van der Waals surface area (Å²) in [6.45, 7) is 6.74.